The second kappa shape index (κ2) is 8.06. The van der Waals surface area contributed by atoms with Gasteiger partial charge in [-0.1, -0.05) is 32.6 Å². The van der Waals surface area contributed by atoms with Crippen molar-refractivity contribution in [1.29, 1.82) is 0 Å². The fourth-order valence-corrected chi connectivity index (χ4v) is 2.13. The lowest BCUT2D eigenvalue weighted by Crippen LogP contribution is -2.27. The maximum atomic E-state index is 13.7. The van der Waals surface area contributed by atoms with Crippen molar-refractivity contribution >= 4 is 17.7 Å². The summed E-state index contributed by atoms with van der Waals surface area (Å²) < 4.78 is 13.7. The average molecular weight is 308 g/mol. The largest absolute Gasteiger partial charge is 0.351 e. The van der Waals surface area contributed by atoms with E-state index in [1.165, 1.54) is 6.07 Å². The molecule has 0 unspecified atom stereocenters. The lowest BCUT2D eigenvalue weighted by Gasteiger charge is -2.17. The summed E-state index contributed by atoms with van der Waals surface area (Å²) in [6, 6.07) is 4.58. The highest BCUT2D eigenvalue weighted by molar-refractivity contribution is 8.01. The Bertz CT molecular complexity index is 556. The third-order valence-corrected chi connectivity index (χ3v) is 3.77. The van der Waals surface area contributed by atoms with Gasteiger partial charge in [-0.15, -0.1) is 11.8 Å². The molecule has 21 heavy (non-hydrogen) atoms. The Kier molecular flexibility index (Phi) is 6.73. The first kappa shape index (κ1) is 17.5. The molecule has 0 aliphatic carbocycles. The molecule has 114 valence electrons. The van der Waals surface area contributed by atoms with Crippen molar-refractivity contribution in [3.63, 3.8) is 0 Å². The maximum Gasteiger partial charge on any atom is 0.230 e. The second-order valence-electron chi connectivity index (χ2n) is 5.49. The summed E-state index contributed by atoms with van der Waals surface area (Å²) in [5.74, 6) is 5.47. The van der Waals surface area contributed by atoms with Crippen LogP contribution in [0.4, 0.5) is 4.39 Å². The fourth-order valence-electron chi connectivity index (χ4n) is 1.47. The van der Waals surface area contributed by atoms with Crippen molar-refractivity contribution < 1.29 is 9.18 Å². The second-order valence-corrected chi connectivity index (χ2v) is 7.29. The van der Waals surface area contributed by atoms with Crippen molar-refractivity contribution in [2.75, 3.05) is 12.3 Å². The van der Waals surface area contributed by atoms with Gasteiger partial charge in [0.15, 0.2) is 0 Å². The molecular formula is C16H21FN2OS. The number of amides is 1. The van der Waals surface area contributed by atoms with Crippen LogP contribution in [0.3, 0.4) is 0 Å². The normalized spacial score (nSPS) is 10.7. The van der Waals surface area contributed by atoms with E-state index in [9.17, 15) is 9.18 Å². The van der Waals surface area contributed by atoms with Gasteiger partial charge >= 0.3 is 0 Å². The molecule has 0 aromatic heterocycles. The smallest absolute Gasteiger partial charge is 0.230 e. The number of hydrogen-bond acceptors (Lipinski definition) is 3. The summed E-state index contributed by atoms with van der Waals surface area (Å²) in [5, 5.41) is 2.72. The predicted molar refractivity (Wildman–Crippen MR) is 86.4 cm³/mol. The standard InChI is InChI=1S/C16H21FN2OS/c1-16(2,3)21-11-15(20)19-10-13-9-12(5-4-8-18)6-7-14(13)17/h6-7,9H,8,10-11,18H2,1-3H3,(H,19,20). The molecule has 0 heterocycles. The molecule has 5 heteroatoms. The van der Waals surface area contributed by atoms with E-state index in [2.05, 4.69) is 17.2 Å². The highest BCUT2D eigenvalue weighted by atomic mass is 32.2. The Balaban J connectivity index is 2.60. The SMILES string of the molecule is CC(C)(C)SCC(=O)NCc1cc(C#CCN)ccc1F. The zero-order chi connectivity index (χ0) is 15.9. The van der Waals surface area contributed by atoms with Gasteiger partial charge < -0.3 is 11.1 Å². The van der Waals surface area contributed by atoms with Crippen LogP contribution in [0.25, 0.3) is 0 Å². The molecule has 3 N–H and O–H groups in total. The molecule has 0 bridgehead atoms. The summed E-state index contributed by atoms with van der Waals surface area (Å²) in [6.07, 6.45) is 0. The molecule has 0 spiro atoms. The molecular weight excluding hydrogens is 287 g/mol. The van der Waals surface area contributed by atoms with Crippen LogP contribution in [0, 0.1) is 17.7 Å². The highest BCUT2D eigenvalue weighted by Crippen LogP contribution is 2.22. The van der Waals surface area contributed by atoms with Gasteiger partial charge in [0.05, 0.1) is 12.3 Å². The average Bonchev–Trinajstić information content (AvgIpc) is 2.42. The van der Waals surface area contributed by atoms with Gasteiger partial charge in [0.2, 0.25) is 5.91 Å². The topological polar surface area (TPSA) is 55.1 Å². The molecule has 0 aliphatic heterocycles. The summed E-state index contributed by atoms with van der Waals surface area (Å²) in [6.45, 7) is 6.56. The molecule has 0 aliphatic rings. The van der Waals surface area contributed by atoms with Gasteiger partial charge in [-0.05, 0) is 18.2 Å². The van der Waals surface area contributed by atoms with Gasteiger partial charge in [0.25, 0.3) is 0 Å². The van der Waals surface area contributed by atoms with E-state index in [-0.39, 0.29) is 29.6 Å². The van der Waals surface area contributed by atoms with Crippen LogP contribution in [0.5, 0.6) is 0 Å². The molecule has 3 nitrogen and oxygen atoms in total. The van der Waals surface area contributed by atoms with Gasteiger partial charge in [-0.25, -0.2) is 4.39 Å². The van der Waals surface area contributed by atoms with E-state index in [0.29, 0.717) is 16.9 Å². The van der Waals surface area contributed by atoms with Crippen LogP contribution < -0.4 is 11.1 Å². The van der Waals surface area contributed by atoms with E-state index in [4.69, 9.17) is 5.73 Å². The number of carbonyl (C=O) groups excluding carboxylic acids is 1. The van der Waals surface area contributed by atoms with Crippen LogP contribution >= 0.6 is 11.8 Å². The van der Waals surface area contributed by atoms with Crippen LogP contribution in [-0.4, -0.2) is 23.0 Å². The number of thioether (sulfide) groups is 1. The first-order valence-electron chi connectivity index (χ1n) is 6.70. The molecule has 1 aromatic rings. The maximum absolute atomic E-state index is 13.7. The molecule has 0 radical (unpaired) electrons. The van der Waals surface area contributed by atoms with Crippen molar-refractivity contribution in [2.24, 2.45) is 5.73 Å². The minimum atomic E-state index is -0.350. The van der Waals surface area contributed by atoms with Crippen LogP contribution in [0.15, 0.2) is 18.2 Å². The number of halogens is 1. The molecule has 0 saturated heterocycles. The number of hydrogen-bond donors (Lipinski definition) is 2. The fraction of sp³-hybridized carbons (Fsp3) is 0.438. The third-order valence-electron chi connectivity index (χ3n) is 2.49. The summed E-state index contributed by atoms with van der Waals surface area (Å²) in [5.41, 5.74) is 6.42. The van der Waals surface area contributed by atoms with E-state index < -0.39 is 0 Å². The Morgan fingerprint density at radius 2 is 2.14 bits per heavy atom. The predicted octanol–water partition coefficient (Wildman–Crippen LogP) is 2.28. The highest BCUT2D eigenvalue weighted by Gasteiger charge is 2.13. The molecule has 0 saturated carbocycles. The number of benzene rings is 1. The minimum absolute atomic E-state index is 0.0281. The Hall–Kier alpha value is -1.51. The minimum Gasteiger partial charge on any atom is -0.351 e. The lowest BCUT2D eigenvalue weighted by atomic mass is 10.1. The van der Waals surface area contributed by atoms with Crippen LogP contribution in [0.1, 0.15) is 31.9 Å². The molecule has 0 atom stereocenters. The van der Waals surface area contributed by atoms with E-state index in [0.717, 1.165) is 0 Å². The summed E-state index contributed by atoms with van der Waals surface area (Å²) in [4.78, 5) is 11.7. The molecule has 1 aromatic carbocycles. The van der Waals surface area contributed by atoms with Gasteiger partial charge in [0, 0.05) is 22.4 Å². The van der Waals surface area contributed by atoms with Gasteiger partial charge in [0.1, 0.15) is 5.82 Å². The Labute approximate surface area is 129 Å². The van der Waals surface area contributed by atoms with Crippen LogP contribution in [-0.2, 0) is 11.3 Å². The lowest BCUT2D eigenvalue weighted by molar-refractivity contribution is -0.118. The third kappa shape index (κ3) is 7.16. The first-order valence-corrected chi connectivity index (χ1v) is 7.68. The zero-order valence-corrected chi connectivity index (χ0v) is 13.4. The summed E-state index contributed by atoms with van der Waals surface area (Å²) in [7, 11) is 0. The monoisotopic (exact) mass is 308 g/mol. The Morgan fingerprint density at radius 3 is 2.76 bits per heavy atom. The van der Waals surface area contributed by atoms with E-state index in [1.807, 2.05) is 20.8 Å². The molecule has 1 amide bonds. The van der Waals surface area contributed by atoms with Crippen molar-refractivity contribution in [3.8, 4) is 11.8 Å². The number of nitrogens with two attached hydrogens (primary N) is 1. The molecule has 1 rings (SSSR count). The van der Waals surface area contributed by atoms with Crippen LogP contribution in [0.2, 0.25) is 0 Å². The summed E-state index contributed by atoms with van der Waals surface area (Å²) >= 11 is 1.55. The van der Waals surface area contributed by atoms with Crippen molar-refractivity contribution in [1.82, 2.24) is 5.32 Å². The number of rotatable bonds is 4. The zero-order valence-electron chi connectivity index (χ0n) is 12.6. The number of carbonyl (C=O) groups is 1. The van der Waals surface area contributed by atoms with Crippen molar-refractivity contribution in [2.45, 2.75) is 32.1 Å². The quantitative estimate of drug-likeness (QED) is 0.839. The Morgan fingerprint density at radius 1 is 1.43 bits per heavy atom. The van der Waals surface area contributed by atoms with E-state index >= 15 is 0 Å². The van der Waals surface area contributed by atoms with Crippen molar-refractivity contribution in [3.05, 3.63) is 35.1 Å². The van der Waals surface area contributed by atoms with E-state index in [1.54, 1.807) is 23.9 Å². The van der Waals surface area contributed by atoms with Gasteiger partial charge in [-0.2, -0.15) is 0 Å². The number of nitrogens with one attached hydrogen (secondary N) is 1. The first-order chi connectivity index (χ1) is 9.81. The molecule has 0 fully saturated rings. The van der Waals surface area contributed by atoms with Gasteiger partial charge in [-0.3, -0.25) is 4.79 Å².